The van der Waals surface area contributed by atoms with Crippen LogP contribution in [0.15, 0.2) is 30.6 Å². The summed E-state index contributed by atoms with van der Waals surface area (Å²) in [4.78, 5) is 14.8. The number of nitrogens with zero attached hydrogens (tertiary/aromatic N) is 3. The van der Waals surface area contributed by atoms with Crippen LogP contribution in [0.3, 0.4) is 0 Å². The molecule has 2 rings (SSSR count). The molecule has 2 N–H and O–H groups in total. The lowest BCUT2D eigenvalue weighted by Gasteiger charge is -2.08. The molecule has 0 radical (unpaired) electrons. The van der Waals surface area contributed by atoms with Crippen molar-refractivity contribution in [2.75, 3.05) is 6.54 Å². The van der Waals surface area contributed by atoms with Crippen molar-refractivity contribution in [3.63, 3.8) is 0 Å². The van der Waals surface area contributed by atoms with Crippen LogP contribution in [-0.4, -0.2) is 21.0 Å². The number of nitrogens with two attached hydrogens (primary N) is 1. The van der Waals surface area contributed by atoms with Crippen molar-refractivity contribution in [3.05, 3.63) is 52.1 Å². The van der Waals surface area contributed by atoms with E-state index in [1.165, 1.54) is 6.07 Å². The Hall–Kier alpha value is -2.21. The first kappa shape index (κ1) is 12.3. The molecule has 94 valence electrons. The third kappa shape index (κ3) is 2.23. The first-order valence-corrected chi connectivity index (χ1v) is 5.61. The lowest BCUT2D eigenvalue weighted by atomic mass is 10.2. The maximum atomic E-state index is 11.0. The molecule has 0 atom stereocenters. The number of hydrogen-bond acceptors (Lipinski definition) is 4. The summed E-state index contributed by atoms with van der Waals surface area (Å²) in [6.45, 7) is 2.35. The Morgan fingerprint density at radius 3 is 2.94 bits per heavy atom. The van der Waals surface area contributed by atoms with Crippen LogP contribution >= 0.6 is 0 Å². The van der Waals surface area contributed by atoms with Crippen LogP contribution in [0.4, 0.5) is 5.69 Å². The van der Waals surface area contributed by atoms with Crippen molar-refractivity contribution in [1.29, 1.82) is 0 Å². The molecule has 0 bridgehead atoms. The zero-order valence-electron chi connectivity index (χ0n) is 10.0. The van der Waals surface area contributed by atoms with Gasteiger partial charge >= 0.3 is 0 Å². The average Bonchev–Trinajstić information content (AvgIpc) is 2.77. The fourth-order valence-corrected chi connectivity index (χ4v) is 1.85. The molecular weight excluding hydrogens is 232 g/mol. The predicted molar refractivity (Wildman–Crippen MR) is 67.7 cm³/mol. The summed E-state index contributed by atoms with van der Waals surface area (Å²) in [5.74, 6) is 0.728. The Morgan fingerprint density at radius 1 is 1.50 bits per heavy atom. The minimum Gasteiger partial charge on any atom is -0.330 e. The van der Waals surface area contributed by atoms with Crippen LogP contribution in [0.25, 0.3) is 5.69 Å². The van der Waals surface area contributed by atoms with Crippen LogP contribution in [0.1, 0.15) is 11.4 Å². The van der Waals surface area contributed by atoms with Gasteiger partial charge in [-0.05, 0) is 25.1 Å². The SMILES string of the molecule is Cc1ccc([N+](=O)[O-])c(-n2ccnc2CCN)c1. The molecule has 0 saturated carbocycles. The van der Waals surface area contributed by atoms with Crippen LogP contribution in [-0.2, 0) is 6.42 Å². The number of aromatic nitrogens is 2. The highest BCUT2D eigenvalue weighted by Gasteiger charge is 2.17. The number of imidazole rings is 1. The number of rotatable bonds is 4. The summed E-state index contributed by atoms with van der Waals surface area (Å²) in [5.41, 5.74) is 7.06. The molecule has 0 fully saturated rings. The molecular formula is C12H14N4O2. The van der Waals surface area contributed by atoms with Gasteiger partial charge in [0.2, 0.25) is 0 Å². The van der Waals surface area contributed by atoms with E-state index in [0.29, 0.717) is 18.7 Å². The number of hydrogen-bond donors (Lipinski definition) is 1. The minimum atomic E-state index is -0.388. The second-order valence-corrected chi connectivity index (χ2v) is 4.00. The first-order chi connectivity index (χ1) is 8.63. The van der Waals surface area contributed by atoms with Gasteiger partial charge < -0.3 is 5.73 Å². The molecule has 0 saturated heterocycles. The first-order valence-electron chi connectivity index (χ1n) is 5.61. The third-order valence-corrected chi connectivity index (χ3v) is 2.67. The van der Waals surface area contributed by atoms with E-state index in [1.807, 2.05) is 6.92 Å². The van der Waals surface area contributed by atoms with E-state index in [0.717, 1.165) is 11.4 Å². The summed E-state index contributed by atoms with van der Waals surface area (Å²) in [5, 5.41) is 11.0. The van der Waals surface area contributed by atoms with Crippen LogP contribution in [0, 0.1) is 17.0 Å². The second kappa shape index (κ2) is 4.97. The third-order valence-electron chi connectivity index (χ3n) is 2.67. The minimum absolute atomic E-state index is 0.0665. The molecule has 0 aliphatic carbocycles. The zero-order valence-corrected chi connectivity index (χ0v) is 10.0. The molecule has 2 aromatic rings. The molecule has 0 aliphatic heterocycles. The van der Waals surface area contributed by atoms with Gasteiger partial charge in [0.15, 0.2) is 0 Å². The molecule has 6 nitrogen and oxygen atoms in total. The van der Waals surface area contributed by atoms with Crippen molar-refractivity contribution in [3.8, 4) is 5.69 Å². The largest absolute Gasteiger partial charge is 0.330 e. The van der Waals surface area contributed by atoms with Gasteiger partial charge in [-0.25, -0.2) is 4.98 Å². The van der Waals surface area contributed by atoms with Crippen LogP contribution < -0.4 is 5.73 Å². The molecule has 0 aliphatic rings. The van der Waals surface area contributed by atoms with E-state index in [1.54, 1.807) is 29.1 Å². The van der Waals surface area contributed by atoms with Gasteiger partial charge in [0, 0.05) is 24.9 Å². The molecule has 0 spiro atoms. The summed E-state index contributed by atoms with van der Waals surface area (Å²) >= 11 is 0. The zero-order chi connectivity index (χ0) is 13.1. The van der Waals surface area contributed by atoms with Gasteiger partial charge in [-0.1, -0.05) is 6.07 Å². The molecule has 6 heteroatoms. The number of nitro benzene ring substituents is 1. The molecule has 1 aromatic heterocycles. The fourth-order valence-electron chi connectivity index (χ4n) is 1.85. The second-order valence-electron chi connectivity index (χ2n) is 4.00. The smallest absolute Gasteiger partial charge is 0.293 e. The van der Waals surface area contributed by atoms with Crippen LogP contribution in [0.2, 0.25) is 0 Å². The van der Waals surface area contributed by atoms with Gasteiger partial charge in [-0.15, -0.1) is 0 Å². The van der Waals surface area contributed by atoms with Crippen molar-refractivity contribution in [1.82, 2.24) is 9.55 Å². The van der Waals surface area contributed by atoms with E-state index in [-0.39, 0.29) is 10.6 Å². The Labute approximate surface area is 104 Å². The standard InChI is InChI=1S/C12H14N4O2/c1-9-2-3-10(16(17)18)11(8-9)15-7-6-14-12(15)4-5-13/h2-3,6-8H,4-5,13H2,1H3. The molecule has 18 heavy (non-hydrogen) atoms. The van der Waals surface area contributed by atoms with Crippen molar-refractivity contribution >= 4 is 5.69 Å². The lowest BCUT2D eigenvalue weighted by molar-refractivity contribution is -0.384. The maximum absolute atomic E-state index is 11.0. The Balaban J connectivity index is 2.58. The van der Waals surface area contributed by atoms with Crippen LogP contribution in [0.5, 0.6) is 0 Å². The van der Waals surface area contributed by atoms with Gasteiger partial charge in [0.05, 0.1) is 4.92 Å². The molecule has 1 aromatic carbocycles. The van der Waals surface area contributed by atoms with E-state index >= 15 is 0 Å². The summed E-state index contributed by atoms with van der Waals surface area (Å²) in [7, 11) is 0. The Kier molecular flexibility index (Phi) is 3.38. The summed E-state index contributed by atoms with van der Waals surface area (Å²) in [6, 6.07) is 5.01. The van der Waals surface area contributed by atoms with Gasteiger partial charge in [-0.3, -0.25) is 14.7 Å². The monoisotopic (exact) mass is 246 g/mol. The fraction of sp³-hybridized carbons (Fsp3) is 0.250. The van der Waals surface area contributed by atoms with Crippen molar-refractivity contribution < 1.29 is 4.92 Å². The maximum Gasteiger partial charge on any atom is 0.293 e. The van der Waals surface area contributed by atoms with Gasteiger partial charge in [0.25, 0.3) is 5.69 Å². The van der Waals surface area contributed by atoms with E-state index in [4.69, 9.17) is 5.73 Å². The quantitative estimate of drug-likeness (QED) is 0.655. The lowest BCUT2D eigenvalue weighted by Crippen LogP contribution is -2.10. The molecule has 0 amide bonds. The molecule has 1 heterocycles. The van der Waals surface area contributed by atoms with Crippen molar-refractivity contribution in [2.24, 2.45) is 5.73 Å². The topological polar surface area (TPSA) is 87.0 Å². The van der Waals surface area contributed by atoms with E-state index in [9.17, 15) is 10.1 Å². The number of nitro groups is 1. The Morgan fingerprint density at radius 2 is 2.28 bits per heavy atom. The van der Waals surface area contributed by atoms with E-state index in [2.05, 4.69) is 4.98 Å². The highest BCUT2D eigenvalue weighted by molar-refractivity contribution is 5.54. The highest BCUT2D eigenvalue weighted by Crippen LogP contribution is 2.25. The summed E-state index contributed by atoms with van der Waals surface area (Å²) in [6.07, 6.45) is 3.92. The summed E-state index contributed by atoms with van der Waals surface area (Å²) < 4.78 is 1.72. The predicted octanol–water partition coefficient (Wildman–Crippen LogP) is 1.59. The van der Waals surface area contributed by atoms with Gasteiger partial charge in [0.1, 0.15) is 11.5 Å². The average molecular weight is 246 g/mol. The molecule has 0 unspecified atom stereocenters. The van der Waals surface area contributed by atoms with Crippen molar-refractivity contribution in [2.45, 2.75) is 13.3 Å². The number of benzene rings is 1. The van der Waals surface area contributed by atoms with Gasteiger partial charge in [-0.2, -0.15) is 0 Å². The number of aryl methyl sites for hydroxylation is 1. The normalized spacial score (nSPS) is 10.6. The highest BCUT2D eigenvalue weighted by atomic mass is 16.6. The Bertz CT molecular complexity index is 577. The van der Waals surface area contributed by atoms with E-state index < -0.39 is 0 Å².